The lowest BCUT2D eigenvalue weighted by molar-refractivity contribution is 0.100. The summed E-state index contributed by atoms with van der Waals surface area (Å²) in [5, 5.41) is 6.23. The van der Waals surface area contributed by atoms with E-state index in [9.17, 15) is 13.2 Å². The molecule has 28 heavy (non-hydrogen) atoms. The molecule has 0 radical (unpaired) electrons. The van der Waals surface area contributed by atoms with Crippen LogP contribution in [-0.2, 0) is 10.1 Å². The molecule has 0 bridgehead atoms. The maximum Gasteiger partial charge on any atom is 0.306 e. The average molecular weight is 405 g/mol. The summed E-state index contributed by atoms with van der Waals surface area (Å²) >= 11 is 0. The van der Waals surface area contributed by atoms with Crippen molar-refractivity contribution < 1.29 is 17.4 Å². The van der Waals surface area contributed by atoms with Gasteiger partial charge in [-0.25, -0.2) is 4.98 Å². The van der Waals surface area contributed by atoms with Gasteiger partial charge in [0.25, 0.3) is 5.91 Å². The van der Waals surface area contributed by atoms with E-state index < -0.39 is 16.0 Å². The molecule has 10 heteroatoms. The van der Waals surface area contributed by atoms with Gasteiger partial charge in [-0.15, -0.1) is 0 Å². The van der Waals surface area contributed by atoms with Gasteiger partial charge < -0.3 is 20.6 Å². The van der Waals surface area contributed by atoms with Crippen LogP contribution >= 0.6 is 0 Å². The molecule has 1 aliphatic carbocycles. The van der Waals surface area contributed by atoms with Crippen molar-refractivity contribution >= 4 is 33.5 Å². The number of amides is 1. The lowest BCUT2D eigenvalue weighted by atomic mass is 10.1. The molecule has 3 rings (SSSR count). The van der Waals surface area contributed by atoms with Crippen LogP contribution in [0.15, 0.2) is 30.5 Å². The number of nitrogens with two attached hydrogens (primary N) is 1. The second-order valence-corrected chi connectivity index (χ2v) is 8.36. The van der Waals surface area contributed by atoms with Gasteiger partial charge in [-0.3, -0.25) is 4.79 Å². The van der Waals surface area contributed by atoms with Gasteiger partial charge in [-0.05, 0) is 43.0 Å². The minimum Gasteiger partial charge on any atom is -0.383 e. The molecule has 1 aliphatic rings. The molecule has 1 aromatic carbocycles. The van der Waals surface area contributed by atoms with Crippen LogP contribution in [0.1, 0.15) is 36.0 Å². The van der Waals surface area contributed by atoms with Crippen LogP contribution in [0.3, 0.4) is 0 Å². The summed E-state index contributed by atoms with van der Waals surface area (Å²) in [6, 6.07) is 6.30. The molecule has 9 nitrogen and oxygen atoms in total. The van der Waals surface area contributed by atoms with Crippen LogP contribution in [0, 0.1) is 5.92 Å². The molecular weight excluding hydrogens is 382 g/mol. The Labute approximate surface area is 163 Å². The largest absolute Gasteiger partial charge is 0.383 e. The smallest absolute Gasteiger partial charge is 0.306 e. The number of rotatable bonds is 8. The van der Waals surface area contributed by atoms with E-state index in [2.05, 4.69) is 20.6 Å². The van der Waals surface area contributed by atoms with Gasteiger partial charge in [0.05, 0.1) is 11.8 Å². The topological polar surface area (TPSA) is 136 Å². The SMILES string of the molecule is CS(=O)(=O)Oc1ccc(Nc2ncc(C(N)=O)c(NCC3CCCC3)n2)cc1. The number of nitrogens with zero attached hydrogens (tertiary/aromatic N) is 2. The summed E-state index contributed by atoms with van der Waals surface area (Å²) in [5.41, 5.74) is 6.30. The molecule has 1 amide bonds. The number of carbonyl (C=O) groups excluding carboxylic acids is 1. The molecule has 0 saturated heterocycles. The number of aromatic nitrogens is 2. The quantitative estimate of drug-likeness (QED) is 0.569. The van der Waals surface area contributed by atoms with E-state index in [0.29, 0.717) is 17.4 Å². The van der Waals surface area contributed by atoms with E-state index in [4.69, 9.17) is 9.92 Å². The first-order valence-corrected chi connectivity index (χ1v) is 10.8. The van der Waals surface area contributed by atoms with E-state index >= 15 is 0 Å². The number of benzene rings is 1. The van der Waals surface area contributed by atoms with Gasteiger partial charge in [0.2, 0.25) is 5.95 Å². The lowest BCUT2D eigenvalue weighted by Gasteiger charge is -2.14. The fraction of sp³-hybridized carbons (Fsp3) is 0.389. The maximum absolute atomic E-state index is 11.7. The number of primary amides is 1. The van der Waals surface area contributed by atoms with Crippen molar-refractivity contribution in [3.63, 3.8) is 0 Å². The van der Waals surface area contributed by atoms with Crippen molar-refractivity contribution in [1.82, 2.24) is 9.97 Å². The molecule has 150 valence electrons. The summed E-state index contributed by atoms with van der Waals surface area (Å²) in [6.45, 7) is 0.730. The summed E-state index contributed by atoms with van der Waals surface area (Å²) in [7, 11) is -3.58. The number of anilines is 3. The normalized spacial score (nSPS) is 14.6. The number of hydrogen-bond acceptors (Lipinski definition) is 8. The Morgan fingerprint density at radius 3 is 2.54 bits per heavy atom. The van der Waals surface area contributed by atoms with E-state index in [1.807, 2.05) is 0 Å². The zero-order valence-corrected chi connectivity index (χ0v) is 16.3. The van der Waals surface area contributed by atoms with Crippen LogP contribution in [0.25, 0.3) is 0 Å². The molecular formula is C18H23N5O4S. The molecule has 0 atom stereocenters. The zero-order valence-electron chi connectivity index (χ0n) is 15.5. The van der Waals surface area contributed by atoms with Gasteiger partial charge in [-0.1, -0.05) is 12.8 Å². The van der Waals surface area contributed by atoms with Crippen LogP contribution in [0.2, 0.25) is 0 Å². The van der Waals surface area contributed by atoms with Gasteiger partial charge in [-0.2, -0.15) is 13.4 Å². The molecule has 0 spiro atoms. The Bertz CT molecular complexity index is 941. The summed E-state index contributed by atoms with van der Waals surface area (Å²) in [4.78, 5) is 20.2. The Hall–Kier alpha value is -2.88. The summed E-state index contributed by atoms with van der Waals surface area (Å²) < 4.78 is 27.1. The molecule has 1 aromatic heterocycles. The Morgan fingerprint density at radius 2 is 1.93 bits per heavy atom. The van der Waals surface area contributed by atoms with Crippen molar-refractivity contribution in [2.45, 2.75) is 25.7 Å². The first-order valence-electron chi connectivity index (χ1n) is 8.97. The van der Waals surface area contributed by atoms with Crippen LogP contribution in [0.4, 0.5) is 17.5 Å². The van der Waals surface area contributed by atoms with Crippen molar-refractivity contribution in [3.8, 4) is 5.75 Å². The van der Waals surface area contributed by atoms with Crippen molar-refractivity contribution in [2.24, 2.45) is 11.7 Å². The molecule has 4 N–H and O–H groups in total. The van der Waals surface area contributed by atoms with Gasteiger partial charge in [0.15, 0.2) is 0 Å². The molecule has 1 saturated carbocycles. The second-order valence-electron chi connectivity index (χ2n) is 6.79. The van der Waals surface area contributed by atoms with Crippen LogP contribution in [-0.4, -0.2) is 37.1 Å². The van der Waals surface area contributed by atoms with Gasteiger partial charge >= 0.3 is 10.1 Å². The minimum atomic E-state index is -3.58. The third kappa shape index (κ3) is 5.56. The van der Waals surface area contributed by atoms with Gasteiger partial charge in [0.1, 0.15) is 11.6 Å². The highest BCUT2D eigenvalue weighted by atomic mass is 32.2. The van der Waals surface area contributed by atoms with E-state index in [1.165, 1.54) is 31.2 Å². The van der Waals surface area contributed by atoms with Crippen molar-refractivity contribution in [3.05, 3.63) is 36.0 Å². The van der Waals surface area contributed by atoms with Crippen molar-refractivity contribution in [1.29, 1.82) is 0 Å². The average Bonchev–Trinajstić information content (AvgIpc) is 3.14. The predicted molar refractivity (Wildman–Crippen MR) is 106 cm³/mol. The predicted octanol–water partition coefficient (Wildman–Crippen LogP) is 2.26. The fourth-order valence-corrected chi connectivity index (χ4v) is 3.57. The highest BCUT2D eigenvalue weighted by molar-refractivity contribution is 7.86. The van der Waals surface area contributed by atoms with E-state index in [0.717, 1.165) is 25.6 Å². The monoisotopic (exact) mass is 405 g/mol. The number of carbonyl (C=O) groups is 1. The summed E-state index contributed by atoms with van der Waals surface area (Å²) in [5.74, 6) is 0.860. The van der Waals surface area contributed by atoms with Gasteiger partial charge in [0, 0.05) is 18.4 Å². The molecule has 0 aliphatic heterocycles. The Morgan fingerprint density at radius 1 is 1.25 bits per heavy atom. The Kier molecular flexibility index (Phi) is 5.98. The first-order chi connectivity index (χ1) is 13.3. The summed E-state index contributed by atoms with van der Waals surface area (Å²) in [6.07, 6.45) is 7.15. The zero-order chi connectivity index (χ0) is 20.1. The number of hydrogen-bond donors (Lipinski definition) is 3. The molecule has 1 fully saturated rings. The van der Waals surface area contributed by atoms with E-state index in [1.54, 1.807) is 12.1 Å². The second kappa shape index (κ2) is 8.42. The third-order valence-corrected chi connectivity index (χ3v) is 4.94. The van der Waals surface area contributed by atoms with E-state index in [-0.39, 0.29) is 17.3 Å². The first kappa shape index (κ1) is 19.9. The molecule has 2 aromatic rings. The lowest BCUT2D eigenvalue weighted by Crippen LogP contribution is -2.19. The molecule has 1 heterocycles. The number of nitrogens with one attached hydrogen (secondary N) is 2. The Balaban J connectivity index is 1.72. The van der Waals surface area contributed by atoms with Crippen LogP contribution in [0.5, 0.6) is 5.75 Å². The highest BCUT2D eigenvalue weighted by Crippen LogP contribution is 2.26. The minimum absolute atomic E-state index is 0.206. The fourth-order valence-electron chi connectivity index (χ4n) is 3.11. The van der Waals surface area contributed by atoms with Crippen molar-refractivity contribution in [2.75, 3.05) is 23.4 Å². The maximum atomic E-state index is 11.7. The van der Waals surface area contributed by atoms with Crippen LogP contribution < -0.4 is 20.6 Å². The highest BCUT2D eigenvalue weighted by Gasteiger charge is 2.17. The third-order valence-electron chi connectivity index (χ3n) is 4.45. The standard InChI is InChI=1S/C18H23N5O4S/c1-28(25,26)27-14-8-6-13(7-9-14)22-18-21-11-15(16(19)24)17(23-18)20-10-12-4-2-3-5-12/h6-9,11-12H,2-5,10H2,1H3,(H2,19,24)(H2,20,21,22,23). The molecule has 0 unspecified atom stereocenters.